The van der Waals surface area contributed by atoms with Crippen molar-refractivity contribution in [3.63, 3.8) is 0 Å². The fourth-order valence-corrected chi connectivity index (χ4v) is 5.10. The Balaban J connectivity index is 1.35. The van der Waals surface area contributed by atoms with Gasteiger partial charge >= 0.3 is 0 Å². The Morgan fingerprint density at radius 1 is 1.12 bits per heavy atom. The summed E-state index contributed by atoms with van der Waals surface area (Å²) in [6, 6.07) is 12.6. The number of fused-ring (bicyclic) bond motifs is 1. The molecule has 0 radical (unpaired) electrons. The molecule has 2 aromatic carbocycles. The van der Waals surface area contributed by atoms with Crippen molar-refractivity contribution in [2.75, 3.05) is 37.7 Å². The average Bonchev–Trinajstić information content (AvgIpc) is 3.55. The normalized spacial score (nSPS) is 19.7. The van der Waals surface area contributed by atoms with E-state index in [2.05, 4.69) is 9.80 Å². The lowest BCUT2D eigenvalue weighted by atomic mass is 10.1. The molecule has 2 aliphatic rings. The van der Waals surface area contributed by atoms with Crippen LogP contribution >= 0.6 is 0 Å². The van der Waals surface area contributed by atoms with Crippen LogP contribution in [0.4, 0.5) is 10.1 Å². The summed E-state index contributed by atoms with van der Waals surface area (Å²) < 4.78 is 22.3. The van der Waals surface area contributed by atoms with E-state index in [1.165, 1.54) is 23.5 Å². The summed E-state index contributed by atoms with van der Waals surface area (Å²) in [5, 5.41) is 11.0. The Morgan fingerprint density at radius 3 is 2.71 bits per heavy atom. The van der Waals surface area contributed by atoms with Gasteiger partial charge in [-0.15, -0.1) is 0 Å². The summed E-state index contributed by atoms with van der Waals surface area (Å²) in [4.78, 5) is 17.8. The van der Waals surface area contributed by atoms with Gasteiger partial charge in [-0.2, -0.15) is 0 Å². The first kappa shape index (κ1) is 22.9. The van der Waals surface area contributed by atoms with Crippen molar-refractivity contribution in [1.29, 1.82) is 0 Å². The lowest BCUT2D eigenvalue weighted by Crippen LogP contribution is -2.35. The predicted molar refractivity (Wildman–Crippen MR) is 133 cm³/mol. The van der Waals surface area contributed by atoms with E-state index >= 15 is 4.39 Å². The Hall–Kier alpha value is -2.90. The zero-order chi connectivity index (χ0) is 23.7. The largest absolute Gasteiger partial charge is 0.491 e. The minimum atomic E-state index is -0.520. The first-order valence-electron chi connectivity index (χ1n) is 12.3. The number of hydrogen-bond acceptors (Lipinski definition) is 5. The number of anilines is 1. The molecule has 2 saturated heterocycles. The minimum Gasteiger partial charge on any atom is -0.491 e. The number of hydrogen-bond donors (Lipinski definition) is 1. The molecule has 1 N–H and O–H groups in total. The second-order valence-electron chi connectivity index (χ2n) is 9.38. The molecule has 0 amide bonds. The van der Waals surface area contributed by atoms with Crippen LogP contribution in [0.1, 0.15) is 32.6 Å². The lowest BCUT2D eigenvalue weighted by Gasteiger charge is -2.25. The third-order valence-electron chi connectivity index (χ3n) is 7.16. The molecule has 3 heterocycles. The van der Waals surface area contributed by atoms with Crippen LogP contribution in [-0.2, 0) is 0 Å². The number of nitrogens with zero attached hydrogens (tertiary/aromatic N) is 3. The Bertz CT molecular complexity index is 1220. The van der Waals surface area contributed by atoms with Gasteiger partial charge in [0.15, 0.2) is 0 Å². The van der Waals surface area contributed by atoms with E-state index in [1.54, 1.807) is 30.5 Å². The highest BCUT2D eigenvalue weighted by Crippen LogP contribution is 2.29. The highest BCUT2D eigenvalue weighted by Gasteiger charge is 2.30. The van der Waals surface area contributed by atoms with E-state index in [9.17, 15) is 9.90 Å². The van der Waals surface area contributed by atoms with Gasteiger partial charge in [0.2, 0.25) is 0 Å². The molecule has 0 aliphatic carbocycles. The molecular formula is C27H32FN3O3. The van der Waals surface area contributed by atoms with Crippen molar-refractivity contribution < 1.29 is 14.2 Å². The van der Waals surface area contributed by atoms with Crippen LogP contribution in [0.25, 0.3) is 16.5 Å². The minimum absolute atomic E-state index is 0.208. The Morgan fingerprint density at radius 2 is 1.94 bits per heavy atom. The number of halogens is 1. The Labute approximate surface area is 199 Å². The monoisotopic (exact) mass is 465 g/mol. The maximum atomic E-state index is 15.2. The number of aliphatic hydroxyl groups is 1. The molecule has 2 fully saturated rings. The molecular weight excluding hydrogens is 433 g/mol. The van der Waals surface area contributed by atoms with Crippen molar-refractivity contribution in [3.8, 4) is 11.4 Å². The van der Waals surface area contributed by atoms with Crippen molar-refractivity contribution in [3.05, 3.63) is 64.8 Å². The zero-order valence-electron chi connectivity index (χ0n) is 19.6. The Kier molecular flexibility index (Phi) is 6.57. The fourth-order valence-electron chi connectivity index (χ4n) is 5.10. The summed E-state index contributed by atoms with van der Waals surface area (Å²) >= 11 is 0. The molecule has 0 bridgehead atoms. The number of aromatic nitrogens is 1. The van der Waals surface area contributed by atoms with Crippen molar-refractivity contribution >= 4 is 16.5 Å². The van der Waals surface area contributed by atoms with Gasteiger partial charge < -0.3 is 14.7 Å². The molecule has 2 aliphatic heterocycles. The van der Waals surface area contributed by atoms with E-state index in [0.29, 0.717) is 35.0 Å². The van der Waals surface area contributed by atoms with Gasteiger partial charge in [-0.25, -0.2) is 4.39 Å². The molecule has 6 nitrogen and oxygen atoms in total. The van der Waals surface area contributed by atoms with Crippen LogP contribution in [0, 0.1) is 5.82 Å². The number of rotatable bonds is 7. The third-order valence-corrected chi connectivity index (χ3v) is 7.16. The molecule has 5 rings (SSSR count). The number of pyridine rings is 1. The van der Waals surface area contributed by atoms with Crippen LogP contribution in [0.2, 0.25) is 0 Å². The summed E-state index contributed by atoms with van der Waals surface area (Å²) in [5.74, 6) is 0.301. The number of ether oxygens (including phenoxy) is 1. The molecule has 2 atom stereocenters. The fraction of sp³-hybridized carbons (Fsp3) is 0.444. The highest BCUT2D eigenvalue weighted by molar-refractivity contribution is 5.83. The highest BCUT2D eigenvalue weighted by atomic mass is 19.1. The van der Waals surface area contributed by atoms with Gasteiger partial charge in [0.25, 0.3) is 5.56 Å². The van der Waals surface area contributed by atoms with Crippen LogP contribution in [0.15, 0.2) is 53.5 Å². The van der Waals surface area contributed by atoms with E-state index in [4.69, 9.17) is 4.74 Å². The van der Waals surface area contributed by atoms with Crippen LogP contribution < -0.4 is 15.2 Å². The number of likely N-dealkylation sites (tertiary alicyclic amines) is 1. The number of aliphatic hydroxyl groups excluding tert-OH is 1. The molecule has 0 saturated carbocycles. The van der Waals surface area contributed by atoms with Crippen LogP contribution in [0.5, 0.6) is 5.75 Å². The van der Waals surface area contributed by atoms with E-state index in [0.717, 1.165) is 38.0 Å². The SMILES string of the molecule is CCC(O)COc1ccc2c(=O)n(-c3ccc(N4CC[C@@H](N5CCCC5)C4)c(F)c3)ccc2c1. The van der Waals surface area contributed by atoms with Gasteiger partial charge in [0.1, 0.15) is 18.2 Å². The topological polar surface area (TPSA) is 57.9 Å². The van der Waals surface area contributed by atoms with Gasteiger partial charge in [0.05, 0.1) is 17.5 Å². The molecule has 180 valence electrons. The maximum absolute atomic E-state index is 15.2. The molecule has 34 heavy (non-hydrogen) atoms. The maximum Gasteiger partial charge on any atom is 0.262 e. The van der Waals surface area contributed by atoms with E-state index in [-0.39, 0.29) is 18.0 Å². The van der Waals surface area contributed by atoms with Gasteiger partial charge in [-0.1, -0.05) is 6.92 Å². The average molecular weight is 466 g/mol. The first-order valence-corrected chi connectivity index (χ1v) is 12.3. The first-order chi connectivity index (χ1) is 16.5. The lowest BCUT2D eigenvalue weighted by molar-refractivity contribution is 0.104. The smallest absolute Gasteiger partial charge is 0.262 e. The van der Waals surface area contributed by atoms with E-state index < -0.39 is 6.10 Å². The van der Waals surface area contributed by atoms with Crippen molar-refractivity contribution in [2.24, 2.45) is 0 Å². The summed E-state index contributed by atoms with van der Waals surface area (Å²) in [6.45, 7) is 6.11. The van der Waals surface area contributed by atoms with Gasteiger partial charge in [-0.05, 0) is 80.6 Å². The number of benzene rings is 2. The molecule has 0 spiro atoms. The van der Waals surface area contributed by atoms with Gasteiger partial charge in [-0.3, -0.25) is 14.3 Å². The van der Waals surface area contributed by atoms with Crippen molar-refractivity contribution in [1.82, 2.24) is 9.47 Å². The van der Waals surface area contributed by atoms with Gasteiger partial charge in [0, 0.05) is 36.8 Å². The predicted octanol–water partition coefficient (Wildman–Crippen LogP) is 3.95. The molecule has 3 aromatic rings. The third kappa shape index (κ3) is 4.55. The molecule has 1 aromatic heterocycles. The second kappa shape index (κ2) is 9.76. The zero-order valence-corrected chi connectivity index (χ0v) is 19.6. The molecule has 1 unspecified atom stereocenters. The van der Waals surface area contributed by atoms with Crippen LogP contribution in [0.3, 0.4) is 0 Å². The molecule has 7 heteroatoms. The summed E-state index contributed by atoms with van der Waals surface area (Å²) in [5.41, 5.74) is 0.908. The van der Waals surface area contributed by atoms with Crippen molar-refractivity contribution in [2.45, 2.75) is 44.8 Å². The summed E-state index contributed by atoms with van der Waals surface area (Å²) in [6.07, 6.45) is 5.35. The second-order valence-corrected chi connectivity index (χ2v) is 9.38. The van der Waals surface area contributed by atoms with E-state index in [1.807, 2.05) is 19.1 Å². The standard InChI is InChI=1S/C27H32FN3O3/c1-2-22(32)18-34-23-6-7-24-19(15-23)9-14-31(27(24)33)20-5-8-26(25(28)16-20)30-13-10-21(17-30)29-11-3-4-12-29/h5-9,14-16,21-22,32H,2-4,10-13,17-18H2,1H3/t21-,22?/m1/s1. The summed E-state index contributed by atoms with van der Waals surface area (Å²) in [7, 11) is 0. The van der Waals surface area contributed by atoms with Crippen LogP contribution in [-0.4, -0.2) is 59.5 Å². The quantitative estimate of drug-likeness (QED) is 0.573.